The number of nitrogens with zero attached hydrogens (tertiary/aromatic N) is 1. The molecule has 1 aliphatic heterocycles. The highest BCUT2D eigenvalue weighted by molar-refractivity contribution is 6.42. The molecule has 96 valence electrons. The van der Waals surface area contributed by atoms with Crippen LogP contribution in [-0.2, 0) is 4.79 Å². The fraction of sp³-hybridized carbons (Fsp3) is 0.467. The molecule has 1 fully saturated rings. The van der Waals surface area contributed by atoms with E-state index in [1.807, 2.05) is 19.1 Å². The van der Waals surface area contributed by atoms with Crippen molar-refractivity contribution < 1.29 is 9.59 Å². The van der Waals surface area contributed by atoms with Crippen LogP contribution in [0, 0.1) is 6.92 Å². The van der Waals surface area contributed by atoms with Gasteiger partial charge in [0.15, 0.2) is 0 Å². The molecule has 0 aromatic heterocycles. The molecular formula is C15H19NO2. The molecule has 0 saturated carbocycles. The summed E-state index contributed by atoms with van der Waals surface area (Å²) in [6.45, 7) is 3.40. The Balaban J connectivity index is 2.07. The first kappa shape index (κ1) is 12.8. The molecule has 1 aliphatic rings. The molecule has 0 aliphatic carbocycles. The Morgan fingerprint density at radius 1 is 0.944 bits per heavy atom. The number of ketones is 1. The normalized spacial score (nSPS) is 16.2. The van der Waals surface area contributed by atoms with Crippen molar-refractivity contribution >= 4 is 11.7 Å². The van der Waals surface area contributed by atoms with E-state index in [0.717, 1.165) is 44.3 Å². The van der Waals surface area contributed by atoms with Crippen LogP contribution in [-0.4, -0.2) is 29.7 Å². The average molecular weight is 245 g/mol. The minimum Gasteiger partial charge on any atom is -0.336 e. The van der Waals surface area contributed by atoms with Gasteiger partial charge >= 0.3 is 0 Å². The molecule has 0 N–H and O–H groups in total. The first-order valence-electron chi connectivity index (χ1n) is 6.59. The Morgan fingerprint density at radius 2 is 1.50 bits per heavy atom. The minimum atomic E-state index is -0.378. The van der Waals surface area contributed by atoms with Gasteiger partial charge in [0.25, 0.3) is 5.91 Å². The van der Waals surface area contributed by atoms with Crippen LogP contribution >= 0.6 is 0 Å². The van der Waals surface area contributed by atoms with E-state index in [1.54, 1.807) is 17.0 Å². The maximum absolute atomic E-state index is 12.1. The van der Waals surface area contributed by atoms with Gasteiger partial charge in [-0.3, -0.25) is 9.59 Å². The monoisotopic (exact) mass is 245 g/mol. The fourth-order valence-electron chi connectivity index (χ4n) is 2.25. The SMILES string of the molecule is Cc1ccc(C(=O)C(=O)N2CCCCCC2)cc1. The van der Waals surface area contributed by atoms with Crippen molar-refractivity contribution in [2.75, 3.05) is 13.1 Å². The second-order valence-corrected chi connectivity index (χ2v) is 4.90. The van der Waals surface area contributed by atoms with Crippen molar-refractivity contribution in [1.82, 2.24) is 4.90 Å². The highest BCUT2D eigenvalue weighted by atomic mass is 16.2. The lowest BCUT2D eigenvalue weighted by Gasteiger charge is -2.19. The van der Waals surface area contributed by atoms with Gasteiger partial charge in [-0.1, -0.05) is 42.7 Å². The molecule has 3 nitrogen and oxygen atoms in total. The van der Waals surface area contributed by atoms with Gasteiger partial charge in [0.1, 0.15) is 0 Å². The van der Waals surface area contributed by atoms with Crippen LogP contribution in [0.5, 0.6) is 0 Å². The maximum Gasteiger partial charge on any atom is 0.294 e. The van der Waals surface area contributed by atoms with Crippen molar-refractivity contribution in [1.29, 1.82) is 0 Å². The molecule has 1 aromatic rings. The highest BCUT2D eigenvalue weighted by Crippen LogP contribution is 2.12. The summed E-state index contributed by atoms with van der Waals surface area (Å²) in [5.41, 5.74) is 1.59. The lowest BCUT2D eigenvalue weighted by Crippen LogP contribution is -2.37. The van der Waals surface area contributed by atoms with Crippen LogP contribution in [0.3, 0.4) is 0 Å². The molecule has 2 rings (SSSR count). The zero-order chi connectivity index (χ0) is 13.0. The lowest BCUT2D eigenvalue weighted by molar-refractivity contribution is -0.126. The van der Waals surface area contributed by atoms with Crippen LogP contribution in [0.4, 0.5) is 0 Å². The molecule has 0 atom stereocenters. The van der Waals surface area contributed by atoms with Gasteiger partial charge in [0, 0.05) is 18.7 Å². The zero-order valence-electron chi connectivity index (χ0n) is 10.8. The summed E-state index contributed by atoms with van der Waals surface area (Å²) in [5.74, 6) is -0.724. The lowest BCUT2D eigenvalue weighted by atomic mass is 10.1. The molecule has 1 amide bonds. The van der Waals surface area contributed by atoms with E-state index < -0.39 is 0 Å². The van der Waals surface area contributed by atoms with E-state index in [1.165, 1.54) is 0 Å². The van der Waals surface area contributed by atoms with Crippen molar-refractivity contribution in [2.45, 2.75) is 32.6 Å². The number of amides is 1. The van der Waals surface area contributed by atoms with Gasteiger partial charge < -0.3 is 4.90 Å². The molecule has 0 bridgehead atoms. The number of hydrogen-bond donors (Lipinski definition) is 0. The van der Waals surface area contributed by atoms with Gasteiger partial charge in [-0.15, -0.1) is 0 Å². The summed E-state index contributed by atoms with van der Waals surface area (Å²) in [4.78, 5) is 25.9. The Labute approximate surface area is 108 Å². The minimum absolute atomic E-state index is 0.347. The number of rotatable bonds is 2. The summed E-state index contributed by atoms with van der Waals surface area (Å²) in [5, 5.41) is 0. The van der Waals surface area contributed by atoms with E-state index in [9.17, 15) is 9.59 Å². The van der Waals surface area contributed by atoms with Gasteiger partial charge in [-0.25, -0.2) is 0 Å². The predicted octanol–water partition coefficient (Wildman–Crippen LogP) is 2.58. The molecule has 0 radical (unpaired) electrons. The first-order valence-corrected chi connectivity index (χ1v) is 6.59. The Hall–Kier alpha value is -1.64. The molecule has 1 saturated heterocycles. The molecule has 18 heavy (non-hydrogen) atoms. The van der Waals surface area contributed by atoms with Crippen LogP contribution in [0.2, 0.25) is 0 Å². The standard InChI is InChI=1S/C15H19NO2/c1-12-6-8-13(9-7-12)14(17)15(18)16-10-4-2-3-5-11-16/h6-9H,2-5,10-11H2,1H3. The van der Waals surface area contributed by atoms with E-state index in [0.29, 0.717) is 5.56 Å². The molecule has 1 heterocycles. The van der Waals surface area contributed by atoms with Crippen LogP contribution < -0.4 is 0 Å². The summed E-state index contributed by atoms with van der Waals surface area (Å²) in [6, 6.07) is 7.19. The number of benzene rings is 1. The van der Waals surface area contributed by atoms with Crippen LogP contribution in [0.15, 0.2) is 24.3 Å². The first-order chi connectivity index (χ1) is 8.68. The van der Waals surface area contributed by atoms with Crippen molar-refractivity contribution in [3.8, 4) is 0 Å². The highest BCUT2D eigenvalue weighted by Gasteiger charge is 2.23. The molecule has 0 spiro atoms. The second-order valence-electron chi connectivity index (χ2n) is 4.90. The topological polar surface area (TPSA) is 37.4 Å². The summed E-state index contributed by atoms with van der Waals surface area (Å²) >= 11 is 0. The largest absolute Gasteiger partial charge is 0.336 e. The number of aryl methyl sites for hydroxylation is 1. The molecule has 1 aromatic carbocycles. The Morgan fingerprint density at radius 3 is 2.06 bits per heavy atom. The third kappa shape index (κ3) is 2.97. The summed E-state index contributed by atoms with van der Waals surface area (Å²) in [7, 11) is 0. The van der Waals surface area contributed by atoms with E-state index in [4.69, 9.17) is 0 Å². The summed E-state index contributed by atoms with van der Waals surface area (Å²) < 4.78 is 0. The van der Waals surface area contributed by atoms with E-state index in [-0.39, 0.29) is 11.7 Å². The average Bonchev–Trinajstić information content (AvgIpc) is 2.67. The number of carbonyl (C=O) groups excluding carboxylic acids is 2. The number of carbonyl (C=O) groups is 2. The van der Waals surface area contributed by atoms with Crippen LogP contribution in [0.1, 0.15) is 41.6 Å². The Kier molecular flexibility index (Phi) is 4.13. The maximum atomic E-state index is 12.1. The van der Waals surface area contributed by atoms with Crippen molar-refractivity contribution in [2.24, 2.45) is 0 Å². The second kappa shape index (κ2) is 5.80. The fourth-order valence-corrected chi connectivity index (χ4v) is 2.25. The Bertz CT molecular complexity index is 428. The summed E-state index contributed by atoms with van der Waals surface area (Å²) in [6.07, 6.45) is 4.32. The molecular weight excluding hydrogens is 226 g/mol. The molecule has 3 heteroatoms. The van der Waals surface area contributed by atoms with E-state index in [2.05, 4.69) is 0 Å². The van der Waals surface area contributed by atoms with Gasteiger partial charge in [0.05, 0.1) is 0 Å². The van der Waals surface area contributed by atoms with E-state index >= 15 is 0 Å². The smallest absolute Gasteiger partial charge is 0.294 e. The van der Waals surface area contributed by atoms with Crippen LogP contribution in [0.25, 0.3) is 0 Å². The van der Waals surface area contributed by atoms with Crippen molar-refractivity contribution in [3.63, 3.8) is 0 Å². The number of likely N-dealkylation sites (tertiary alicyclic amines) is 1. The van der Waals surface area contributed by atoms with Gasteiger partial charge in [-0.05, 0) is 19.8 Å². The van der Waals surface area contributed by atoms with Gasteiger partial charge in [-0.2, -0.15) is 0 Å². The third-order valence-corrected chi connectivity index (χ3v) is 3.40. The van der Waals surface area contributed by atoms with Crippen molar-refractivity contribution in [3.05, 3.63) is 35.4 Å². The zero-order valence-corrected chi connectivity index (χ0v) is 10.8. The quantitative estimate of drug-likeness (QED) is 0.593. The third-order valence-electron chi connectivity index (χ3n) is 3.40. The molecule has 0 unspecified atom stereocenters. The number of Topliss-reactive ketones (excluding diaryl/α,β-unsaturated/α-hetero) is 1. The predicted molar refractivity (Wildman–Crippen MR) is 70.6 cm³/mol. The van der Waals surface area contributed by atoms with Gasteiger partial charge in [0.2, 0.25) is 5.78 Å². The number of hydrogen-bond acceptors (Lipinski definition) is 2.